The van der Waals surface area contributed by atoms with Crippen LogP contribution in [0.25, 0.3) is 22.4 Å². The topological polar surface area (TPSA) is 138 Å². The highest BCUT2D eigenvalue weighted by Crippen LogP contribution is 2.42. The Kier molecular flexibility index (Phi) is 9.50. The molecule has 2 unspecified atom stereocenters. The molecule has 0 radical (unpaired) electrons. The van der Waals surface area contributed by atoms with Gasteiger partial charge in [0.1, 0.15) is 11.4 Å². The summed E-state index contributed by atoms with van der Waals surface area (Å²) in [6, 6.07) is 11.8. The molecule has 0 saturated heterocycles. The van der Waals surface area contributed by atoms with E-state index in [2.05, 4.69) is 20.7 Å². The molecule has 5 rings (SSSR count). The fourth-order valence-corrected chi connectivity index (χ4v) is 5.89. The summed E-state index contributed by atoms with van der Waals surface area (Å²) in [5, 5.41) is 18.6. The molecule has 2 aromatic carbocycles. The summed E-state index contributed by atoms with van der Waals surface area (Å²) in [6.07, 6.45) is 3.37. The number of ether oxygens (including phenoxy) is 1. The lowest BCUT2D eigenvalue weighted by Crippen LogP contribution is -2.41. The maximum Gasteiger partial charge on any atom is 0.277 e. The molecule has 10 nitrogen and oxygen atoms in total. The minimum atomic E-state index is -0.932. The summed E-state index contributed by atoms with van der Waals surface area (Å²) in [4.78, 5) is 41.7. The zero-order valence-electron chi connectivity index (χ0n) is 23.9. The van der Waals surface area contributed by atoms with Crippen LogP contribution in [0.5, 0.6) is 5.88 Å². The molecule has 2 atom stereocenters. The number of benzene rings is 2. The standard InChI is InChI=1S/C31H30Cl2FN5O5/c1-39-31(43)21(14-26(41)38-39)29(42)36-24-13-17(34)12-20(28(24)33)18-6-5-7-19(27(18)32)22-11-10-16(30(37-22)44-2)15-35-23-8-3-4-9-25(23)40/h5-7,10-14,23,25,35,40H,3-4,8-9,15H2,1-2H3,(H,36,42)(H,38,41). The van der Waals surface area contributed by atoms with Gasteiger partial charge in [-0.2, -0.15) is 0 Å². The first-order chi connectivity index (χ1) is 21.1. The highest BCUT2D eigenvalue weighted by Gasteiger charge is 2.24. The Balaban J connectivity index is 1.45. The number of carbonyl (C=O) groups excluding carboxylic acids is 1. The molecule has 1 amide bonds. The molecule has 0 spiro atoms. The van der Waals surface area contributed by atoms with Gasteiger partial charge in [-0.15, -0.1) is 0 Å². The van der Waals surface area contributed by atoms with Gasteiger partial charge in [0.25, 0.3) is 17.0 Å². The summed E-state index contributed by atoms with van der Waals surface area (Å²) < 4.78 is 21.3. The van der Waals surface area contributed by atoms with Gasteiger partial charge in [0.05, 0.1) is 34.6 Å². The summed E-state index contributed by atoms with van der Waals surface area (Å²) in [5.74, 6) is -1.26. The van der Waals surface area contributed by atoms with Crippen molar-refractivity contribution >= 4 is 34.8 Å². The van der Waals surface area contributed by atoms with E-state index in [1.807, 2.05) is 6.07 Å². The number of H-pyrrole nitrogens is 1. The first kappa shape index (κ1) is 31.4. The third kappa shape index (κ3) is 6.56. The molecular weight excluding hydrogens is 612 g/mol. The molecule has 4 aromatic rings. The van der Waals surface area contributed by atoms with Gasteiger partial charge in [0, 0.05) is 48.0 Å². The minimum Gasteiger partial charge on any atom is -0.481 e. The number of nitrogens with one attached hydrogen (secondary N) is 3. The second-order valence-corrected chi connectivity index (χ2v) is 11.3. The SMILES string of the molecule is COc1nc(-c2cccc(-c3cc(F)cc(NC(=O)c4cc(=O)[nH]n(C)c4=O)c3Cl)c2Cl)ccc1CNC1CCCCC1O. The van der Waals surface area contributed by atoms with Gasteiger partial charge in [-0.1, -0.05) is 60.3 Å². The van der Waals surface area contributed by atoms with E-state index < -0.39 is 28.4 Å². The molecule has 1 saturated carbocycles. The van der Waals surface area contributed by atoms with Crippen molar-refractivity contribution < 1.29 is 19.0 Å². The average molecular weight is 643 g/mol. The fourth-order valence-electron chi connectivity index (χ4n) is 5.31. The van der Waals surface area contributed by atoms with Gasteiger partial charge in [0.2, 0.25) is 5.88 Å². The monoisotopic (exact) mass is 641 g/mol. The maximum atomic E-state index is 14.9. The van der Waals surface area contributed by atoms with Crippen LogP contribution in [0.2, 0.25) is 10.0 Å². The van der Waals surface area contributed by atoms with Crippen LogP contribution in [0.4, 0.5) is 10.1 Å². The smallest absolute Gasteiger partial charge is 0.277 e. The molecular formula is C31H30Cl2FN5O5. The van der Waals surface area contributed by atoms with E-state index >= 15 is 0 Å². The first-order valence-corrected chi connectivity index (χ1v) is 14.7. The van der Waals surface area contributed by atoms with Crippen LogP contribution in [0.15, 0.2) is 58.1 Å². The van der Waals surface area contributed by atoms with Crippen molar-refractivity contribution in [3.8, 4) is 28.3 Å². The number of carbonyl (C=O) groups is 1. The molecule has 230 valence electrons. The number of halogens is 3. The van der Waals surface area contributed by atoms with Crippen LogP contribution in [-0.4, -0.2) is 45.0 Å². The maximum absolute atomic E-state index is 14.9. The average Bonchev–Trinajstić information content (AvgIpc) is 3.00. The van der Waals surface area contributed by atoms with Crippen molar-refractivity contribution in [2.75, 3.05) is 12.4 Å². The first-order valence-electron chi connectivity index (χ1n) is 13.9. The number of aliphatic hydroxyl groups excluding tert-OH is 1. The Morgan fingerprint density at radius 2 is 1.84 bits per heavy atom. The van der Waals surface area contributed by atoms with Crippen molar-refractivity contribution in [2.45, 2.75) is 44.4 Å². The molecule has 1 fully saturated rings. The predicted molar refractivity (Wildman–Crippen MR) is 167 cm³/mol. The van der Waals surface area contributed by atoms with Gasteiger partial charge in [-0.3, -0.25) is 24.2 Å². The molecule has 13 heteroatoms. The quantitative estimate of drug-likeness (QED) is 0.215. The Morgan fingerprint density at radius 1 is 1.09 bits per heavy atom. The van der Waals surface area contributed by atoms with Crippen LogP contribution in [0.1, 0.15) is 41.6 Å². The van der Waals surface area contributed by atoms with Crippen molar-refractivity contribution in [2.24, 2.45) is 7.05 Å². The Hall–Kier alpha value is -4.03. The lowest BCUT2D eigenvalue weighted by molar-refractivity contribution is 0.0901. The van der Waals surface area contributed by atoms with E-state index in [1.54, 1.807) is 24.3 Å². The number of aryl methyl sites for hydroxylation is 1. The summed E-state index contributed by atoms with van der Waals surface area (Å²) in [5.41, 5.74) is 0.433. The lowest BCUT2D eigenvalue weighted by Gasteiger charge is -2.28. The van der Waals surface area contributed by atoms with E-state index in [-0.39, 0.29) is 33.4 Å². The number of aliphatic hydroxyl groups is 1. The number of nitrogens with zero attached hydrogens (tertiary/aromatic N) is 2. The lowest BCUT2D eigenvalue weighted by atomic mass is 9.92. The Labute approximate surface area is 261 Å². The van der Waals surface area contributed by atoms with E-state index in [0.717, 1.165) is 48.1 Å². The third-order valence-electron chi connectivity index (χ3n) is 7.60. The van der Waals surface area contributed by atoms with Crippen molar-refractivity contribution in [1.82, 2.24) is 20.1 Å². The zero-order chi connectivity index (χ0) is 31.5. The highest BCUT2D eigenvalue weighted by molar-refractivity contribution is 6.39. The number of aromatic amines is 1. The summed E-state index contributed by atoms with van der Waals surface area (Å²) in [6.45, 7) is 0.461. The van der Waals surface area contributed by atoms with Crippen LogP contribution in [0, 0.1) is 5.82 Å². The second-order valence-electron chi connectivity index (χ2n) is 10.5. The molecule has 4 N–H and O–H groups in total. The van der Waals surface area contributed by atoms with Gasteiger partial charge >= 0.3 is 0 Å². The van der Waals surface area contributed by atoms with Crippen molar-refractivity contribution in [1.29, 1.82) is 0 Å². The van der Waals surface area contributed by atoms with Gasteiger partial charge < -0.3 is 20.5 Å². The largest absolute Gasteiger partial charge is 0.481 e. The zero-order valence-corrected chi connectivity index (χ0v) is 25.4. The van der Waals surface area contributed by atoms with Crippen molar-refractivity contribution in [3.63, 3.8) is 0 Å². The third-order valence-corrected chi connectivity index (χ3v) is 8.41. The van der Waals surface area contributed by atoms with Crippen LogP contribution in [-0.2, 0) is 13.6 Å². The molecule has 1 aliphatic carbocycles. The normalized spacial score (nSPS) is 16.5. The van der Waals surface area contributed by atoms with Gasteiger partial charge in [-0.25, -0.2) is 9.37 Å². The number of methoxy groups -OCH3 is 1. The number of hydrogen-bond acceptors (Lipinski definition) is 7. The second kappa shape index (κ2) is 13.3. The van der Waals surface area contributed by atoms with E-state index in [4.69, 9.17) is 27.9 Å². The molecule has 2 aromatic heterocycles. The number of hydrogen-bond donors (Lipinski definition) is 4. The van der Waals surface area contributed by atoms with Crippen LogP contribution >= 0.6 is 23.2 Å². The molecule has 2 heterocycles. The van der Waals surface area contributed by atoms with Gasteiger partial charge in [-0.05, 0) is 31.0 Å². The van der Waals surface area contributed by atoms with Crippen molar-refractivity contribution in [3.05, 3.63) is 96.2 Å². The summed E-state index contributed by atoms with van der Waals surface area (Å²) >= 11 is 13.5. The summed E-state index contributed by atoms with van der Waals surface area (Å²) in [7, 11) is 2.81. The van der Waals surface area contributed by atoms with Crippen LogP contribution < -0.4 is 26.5 Å². The fraction of sp³-hybridized carbons (Fsp3) is 0.290. The Bertz CT molecular complexity index is 1840. The van der Waals surface area contributed by atoms with E-state index in [1.165, 1.54) is 20.2 Å². The highest BCUT2D eigenvalue weighted by atomic mass is 35.5. The molecule has 0 aliphatic heterocycles. The Morgan fingerprint density at radius 3 is 2.59 bits per heavy atom. The number of pyridine rings is 1. The van der Waals surface area contributed by atoms with E-state index in [0.29, 0.717) is 29.2 Å². The number of rotatable bonds is 8. The number of anilines is 1. The molecule has 1 aliphatic rings. The predicted octanol–water partition coefficient (Wildman–Crippen LogP) is 4.90. The number of aromatic nitrogens is 3. The van der Waals surface area contributed by atoms with Gasteiger partial charge in [0.15, 0.2) is 0 Å². The number of amides is 1. The minimum absolute atomic E-state index is 0.00525. The molecule has 0 bridgehead atoms. The van der Waals surface area contributed by atoms with Crippen LogP contribution in [0.3, 0.4) is 0 Å². The van der Waals surface area contributed by atoms with E-state index in [9.17, 15) is 23.9 Å². The molecule has 44 heavy (non-hydrogen) atoms.